The quantitative estimate of drug-likeness (QED) is 0.252. The Morgan fingerprint density at radius 3 is 3.16 bits per heavy atom. The molecule has 0 aliphatic rings. The van der Waals surface area contributed by atoms with Crippen LogP contribution in [-0.4, -0.2) is 35.9 Å². The van der Waals surface area contributed by atoms with E-state index in [1.54, 1.807) is 10.9 Å². The van der Waals surface area contributed by atoms with Crippen molar-refractivity contribution in [2.24, 2.45) is 5.11 Å². The molecule has 0 aromatic carbocycles. The van der Waals surface area contributed by atoms with Crippen LogP contribution < -0.4 is 5.32 Å². The number of rotatable bonds is 8. The molecule has 0 spiro atoms. The van der Waals surface area contributed by atoms with Crippen LogP contribution in [0.5, 0.6) is 0 Å². The summed E-state index contributed by atoms with van der Waals surface area (Å²) in [6.07, 6.45) is 4.41. The second-order valence-electron chi connectivity index (χ2n) is 3.90. The number of methoxy groups -OCH3 is 1. The molecule has 1 aromatic rings. The molecule has 0 radical (unpaired) electrons. The number of nitrogens with one attached hydrogen (secondary N) is 1. The average Bonchev–Trinajstić information content (AvgIpc) is 2.87. The van der Waals surface area contributed by atoms with E-state index < -0.39 is 12.0 Å². The molecule has 0 saturated carbocycles. The summed E-state index contributed by atoms with van der Waals surface area (Å²) < 4.78 is 6.53. The highest BCUT2D eigenvalue weighted by molar-refractivity contribution is 5.77. The van der Waals surface area contributed by atoms with E-state index in [4.69, 9.17) is 10.3 Å². The highest BCUT2D eigenvalue weighted by Gasteiger charge is 2.22. The molecule has 1 N–H and O–H groups in total. The molecule has 0 fully saturated rings. The van der Waals surface area contributed by atoms with Gasteiger partial charge in [0, 0.05) is 36.3 Å². The van der Waals surface area contributed by atoms with Crippen molar-refractivity contribution in [3.63, 3.8) is 0 Å². The smallest absolute Gasteiger partial charge is 0.327 e. The van der Waals surface area contributed by atoms with Crippen LogP contribution in [0.2, 0.25) is 0 Å². The Hall–Kier alpha value is -2.05. The molecule has 1 rings (SSSR count). The van der Waals surface area contributed by atoms with E-state index in [1.165, 1.54) is 7.11 Å². The fourth-order valence-electron chi connectivity index (χ4n) is 1.64. The van der Waals surface area contributed by atoms with E-state index in [1.807, 2.05) is 6.20 Å². The number of nitrogens with zero attached hydrogens (tertiary/aromatic N) is 5. The lowest BCUT2D eigenvalue weighted by molar-refractivity contribution is -0.143. The Kier molecular flexibility index (Phi) is 6.42. The zero-order valence-electron chi connectivity index (χ0n) is 11.1. The molecule has 0 bridgehead atoms. The lowest BCUT2D eigenvalue weighted by atomic mass is 10.1. The minimum Gasteiger partial charge on any atom is -0.468 e. The van der Waals surface area contributed by atoms with Gasteiger partial charge in [0.2, 0.25) is 0 Å². The summed E-state index contributed by atoms with van der Waals surface area (Å²) in [6.45, 7) is 3.51. The van der Waals surface area contributed by atoms with E-state index in [-0.39, 0.29) is 6.54 Å². The monoisotopic (exact) mass is 266 g/mol. The van der Waals surface area contributed by atoms with Gasteiger partial charge in [-0.1, -0.05) is 12.0 Å². The van der Waals surface area contributed by atoms with E-state index in [0.29, 0.717) is 6.54 Å². The maximum atomic E-state index is 11.7. The summed E-state index contributed by atoms with van der Waals surface area (Å²) in [5.74, 6) is -0.392. The van der Waals surface area contributed by atoms with Crippen LogP contribution in [0.25, 0.3) is 10.4 Å². The Bertz CT molecular complexity index is 452. The number of carbonyl (C=O) groups excluding carboxylic acids is 1. The molecule has 1 atom stereocenters. The molecule has 8 nitrogen and oxygen atoms in total. The van der Waals surface area contributed by atoms with Crippen molar-refractivity contribution in [1.29, 1.82) is 0 Å². The summed E-state index contributed by atoms with van der Waals surface area (Å²) >= 11 is 0. The fourth-order valence-corrected chi connectivity index (χ4v) is 1.64. The van der Waals surface area contributed by atoms with Gasteiger partial charge in [-0.25, -0.2) is 4.79 Å². The van der Waals surface area contributed by atoms with E-state index in [0.717, 1.165) is 18.5 Å². The lowest BCUT2D eigenvalue weighted by Crippen LogP contribution is -2.31. The van der Waals surface area contributed by atoms with Crippen molar-refractivity contribution < 1.29 is 9.53 Å². The van der Waals surface area contributed by atoms with Crippen molar-refractivity contribution in [3.05, 3.63) is 28.4 Å². The SMILES string of the molecule is CCCn1cc(C(NCCN=[N+]=[N-])C(=O)OC)cn1. The minimum atomic E-state index is -0.593. The van der Waals surface area contributed by atoms with Crippen LogP contribution in [0, 0.1) is 0 Å². The van der Waals surface area contributed by atoms with E-state index >= 15 is 0 Å². The van der Waals surface area contributed by atoms with Gasteiger partial charge in [0.05, 0.1) is 13.3 Å². The molecule has 0 amide bonds. The topological polar surface area (TPSA) is 105 Å². The summed E-state index contributed by atoms with van der Waals surface area (Å²) in [6, 6.07) is -0.593. The van der Waals surface area contributed by atoms with Crippen molar-refractivity contribution >= 4 is 5.97 Å². The van der Waals surface area contributed by atoms with Crippen LogP contribution in [0.15, 0.2) is 17.5 Å². The molecule has 104 valence electrons. The number of aryl methyl sites for hydroxylation is 1. The summed E-state index contributed by atoms with van der Waals surface area (Å²) in [5.41, 5.74) is 8.93. The van der Waals surface area contributed by atoms with Crippen LogP contribution >= 0.6 is 0 Å². The first-order valence-electron chi connectivity index (χ1n) is 6.07. The van der Waals surface area contributed by atoms with Crippen LogP contribution in [0.3, 0.4) is 0 Å². The summed E-state index contributed by atoms with van der Waals surface area (Å²) in [7, 11) is 1.33. The van der Waals surface area contributed by atoms with Gasteiger partial charge in [-0.05, 0) is 12.0 Å². The Balaban J connectivity index is 2.71. The van der Waals surface area contributed by atoms with Gasteiger partial charge in [0.1, 0.15) is 6.04 Å². The van der Waals surface area contributed by atoms with Crippen molar-refractivity contribution in [3.8, 4) is 0 Å². The van der Waals surface area contributed by atoms with Gasteiger partial charge in [0.15, 0.2) is 0 Å². The van der Waals surface area contributed by atoms with Crippen LogP contribution in [0.4, 0.5) is 0 Å². The first-order valence-corrected chi connectivity index (χ1v) is 6.07. The number of hydrogen-bond donors (Lipinski definition) is 1. The second kappa shape index (κ2) is 8.12. The molecule has 19 heavy (non-hydrogen) atoms. The zero-order chi connectivity index (χ0) is 14.1. The Labute approximate surface area is 111 Å². The number of ether oxygens (including phenoxy) is 1. The van der Waals surface area contributed by atoms with Crippen molar-refractivity contribution in [2.75, 3.05) is 20.2 Å². The number of aromatic nitrogens is 2. The van der Waals surface area contributed by atoms with Crippen LogP contribution in [0.1, 0.15) is 24.9 Å². The maximum absolute atomic E-state index is 11.7. The predicted molar refractivity (Wildman–Crippen MR) is 69.3 cm³/mol. The maximum Gasteiger partial charge on any atom is 0.327 e. The fraction of sp³-hybridized carbons (Fsp3) is 0.636. The normalized spacial score (nSPS) is 11.7. The first kappa shape index (κ1) is 15.0. The molecule has 0 saturated heterocycles. The summed E-state index contributed by atoms with van der Waals surface area (Å²) in [4.78, 5) is 14.4. The van der Waals surface area contributed by atoms with Gasteiger partial charge >= 0.3 is 5.97 Å². The first-order chi connectivity index (χ1) is 9.22. The molecule has 1 heterocycles. The van der Waals surface area contributed by atoms with Gasteiger partial charge in [-0.3, -0.25) is 4.68 Å². The van der Waals surface area contributed by atoms with E-state index in [9.17, 15) is 4.79 Å². The standard InChI is InChI=1S/C11H18N6O2/c1-3-6-17-8-9(7-15-17)10(11(18)19-2)13-4-5-14-16-12/h7-8,10,13H,3-6H2,1-2H3. The van der Waals surface area contributed by atoms with Gasteiger partial charge in [0.25, 0.3) is 0 Å². The highest BCUT2D eigenvalue weighted by Crippen LogP contribution is 2.13. The largest absolute Gasteiger partial charge is 0.468 e. The molecule has 1 aromatic heterocycles. The lowest BCUT2D eigenvalue weighted by Gasteiger charge is -2.14. The third-order valence-corrected chi connectivity index (χ3v) is 2.50. The van der Waals surface area contributed by atoms with Crippen molar-refractivity contribution in [1.82, 2.24) is 15.1 Å². The number of hydrogen-bond acceptors (Lipinski definition) is 5. The van der Waals surface area contributed by atoms with E-state index in [2.05, 4.69) is 27.4 Å². The number of esters is 1. The Morgan fingerprint density at radius 1 is 1.74 bits per heavy atom. The second-order valence-corrected chi connectivity index (χ2v) is 3.90. The number of carbonyl (C=O) groups is 1. The van der Waals surface area contributed by atoms with Crippen LogP contribution in [-0.2, 0) is 16.1 Å². The molecule has 0 aliphatic heterocycles. The molecular formula is C11H18N6O2. The average molecular weight is 266 g/mol. The molecule has 1 unspecified atom stereocenters. The van der Waals surface area contributed by atoms with Gasteiger partial charge in [-0.2, -0.15) is 5.10 Å². The molecule has 0 aliphatic carbocycles. The highest BCUT2D eigenvalue weighted by atomic mass is 16.5. The van der Waals surface area contributed by atoms with Crippen molar-refractivity contribution in [2.45, 2.75) is 25.9 Å². The summed E-state index contributed by atoms with van der Waals surface area (Å²) in [5, 5.41) is 10.6. The molecule has 8 heteroatoms. The third-order valence-electron chi connectivity index (χ3n) is 2.50. The van der Waals surface area contributed by atoms with Gasteiger partial charge in [-0.15, -0.1) is 0 Å². The third kappa shape index (κ3) is 4.61. The zero-order valence-corrected chi connectivity index (χ0v) is 11.1. The predicted octanol–water partition coefficient (Wildman–Crippen LogP) is 1.41. The molecular weight excluding hydrogens is 248 g/mol. The minimum absolute atomic E-state index is 0.271. The van der Waals surface area contributed by atoms with Gasteiger partial charge < -0.3 is 10.1 Å². The Morgan fingerprint density at radius 2 is 2.53 bits per heavy atom. The number of azide groups is 1.